The Bertz CT molecular complexity index is 901. The van der Waals surface area contributed by atoms with Crippen LogP contribution < -0.4 is 9.05 Å². The molecular weight excluding hydrogens is 369 g/mol. The van der Waals surface area contributed by atoms with Gasteiger partial charge in [-0.1, -0.05) is 36.4 Å². The van der Waals surface area contributed by atoms with E-state index in [4.69, 9.17) is 9.05 Å². The minimum absolute atomic E-state index is 0.145. The molecule has 138 valence electrons. The minimum Gasteiger partial charge on any atom is -0.414 e. The van der Waals surface area contributed by atoms with Gasteiger partial charge in [0, 0.05) is 12.1 Å². The SMILES string of the molecule is O=[N+]([O-])c1ccc(C(O)P(=O)(Oc2ccccc2)Oc2ccccc2)cc1. The maximum atomic E-state index is 13.4. The molecule has 0 saturated carbocycles. The number of hydrogen-bond donors (Lipinski definition) is 1. The molecule has 0 heterocycles. The summed E-state index contributed by atoms with van der Waals surface area (Å²) in [5.41, 5.74) is 0.0320. The lowest BCUT2D eigenvalue weighted by atomic mass is 10.2. The fourth-order valence-electron chi connectivity index (χ4n) is 2.33. The highest BCUT2D eigenvalue weighted by Gasteiger charge is 2.39. The monoisotopic (exact) mass is 385 g/mol. The zero-order valence-electron chi connectivity index (χ0n) is 14.0. The predicted molar refractivity (Wildman–Crippen MR) is 99.8 cm³/mol. The molecule has 8 heteroatoms. The Labute approximate surface area is 155 Å². The van der Waals surface area contributed by atoms with Crippen molar-refractivity contribution in [2.75, 3.05) is 0 Å². The highest BCUT2D eigenvalue weighted by Crippen LogP contribution is 2.58. The lowest BCUT2D eigenvalue weighted by molar-refractivity contribution is -0.384. The Morgan fingerprint density at radius 2 is 1.26 bits per heavy atom. The van der Waals surface area contributed by atoms with E-state index in [1.54, 1.807) is 60.7 Å². The second-order valence-electron chi connectivity index (χ2n) is 5.57. The number of aliphatic hydroxyl groups excluding tert-OH is 1. The summed E-state index contributed by atoms with van der Waals surface area (Å²) in [5.74, 6) is -1.12. The van der Waals surface area contributed by atoms with Gasteiger partial charge in [0.1, 0.15) is 11.5 Å². The fraction of sp³-hybridized carbons (Fsp3) is 0.0526. The van der Waals surface area contributed by atoms with Crippen LogP contribution in [-0.4, -0.2) is 10.0 Å². The van der Waals surface area contributed by atoms with Crippen LogP contribution in [0.15, 0.2) is 84.9 Å². The molecule has 0 aromatic heterocycles. The molecule has 0 amide bonds. The van der Waals surface area contributed by atoms with Gasteiger partial charge in [-0.2, -0.15) is 0 Å². The molecule has 0 fully saturated rings. The van der Waals surface area contributed by atoms with E-state index in [0.717, 1.165) is 0 Å². The van der Waals surface area contributed by atoms with Gasteiger partial charge in [-0.05, 0) is 42.0 Å². The van der Waals surface area contributed by atoms with E-state index in [1.165, 1.54) is 24.3 Å². The number of nitro groups is 1. The van der Waals surface area contributed by atoms with E-state index >= 15 is 0 Å². The van der Waals surface area contributed by atoms with Gasteiger partial charge in [0.05, 0.1) is 4.92 Å². The van der Waals surface area contributed by atoms with E-state index < -0.39 is 18.4 Å². The molecule has 27 heavy (non-hydrogen) atoms. The largest absolute Gasteiger partial charge is 0.463 e. The van der Waals surface area contributed by atoms with Crippen molar-refractivity contribution in [1.82, 2.24) is 0 Å². The zero-order valence-corrected chi connectivity index (χ0v) is 14.9. The number of nitro benzene ring substituents is 1. The van der Waals surface area contributed by atoms with Crippen molar-refractivity contribution in [3.05, 3.63) is 101 Å². The smallest absolute Gasteiger partial charge is 0.414 e. The lowest BCUT2D eigenvalue weighted by Gasteiger charge is -2.24. The van der Waals surface area contributed by atoms with Crippen molar-refractivity contribution >= 4 is 13.3 Å². The van der Waals surface area contributed by atoms with Crippen molar-refractivity contribution in [3.63, 3.8) is 0 Å². The summed E-state index contributed by atoms with van der Waals surface area (Å²) >= 11 is 0. The van der Waals surface area contributed by atoms with Crippen molar-refractivity contribution in [2.45, 2.75) is 5.85 Å². The first-order valence-corrected chi connectivity index (χ1v) is 9.60. The lowest BCUT2D eigenvalue weighted by Crippen LogP contribution is -2.10. The van der Waals surface area contributed by atoms with Gasteiger partial charge in [-0.25, -0.2) is 4.57 Å². The van der Waals surface area contributed by atoms with Gasteiger partial charge in [-0.15, -0.1) is 0 Å². The standard InChI is InChI=1S/C19H16NO6P/c21-19(15-11-13-16(14-12-15)20(22)23)27(24,25-17-7-3-1-4-8-17)26-18-9-5-2-6-10-18/h1-14,19,21H. The summed E-state index contributed by atoms with van der Waals surface area (Å²) in [6.45, 7) is 0. The second kappa shape index (κ2) is 8.03. The van der Waals surface area contributed by atoms with Crippen molar-refractivity contribution in [3.8, 4) is 11.5 Å². The molecule has 0 aliphatic rings. The number of hydrogen-bond acceptors (Lipinski definition) is 6. The van der Waals surface area contributed by atoms with E-state index in [1.807, 2.05) is 0 Å². The molecular formula is C19H16NO6P. The van der Waals surface area contributed by atoms with E-state index in [2.05, 4.69) is 0 Å². The summed E-state index contributed by atoms with van der Waals surface area (Å²) in [7, 11) is -4.13. The van der Waals surface area contributed by atoms with Crippen LogP contribution in [0.4, 0.5) is 5.69 Å². The van der Waals surface area contributed by atoms with Gasteiger partial charge in [0.2, 0.25) is 5.85 Å². The highest BCUT2D eigenvalue weighted by molar-refractivity contribution is 7.54. The van der Waals surface area contributed by atoms with Gasteiger partial charge in [-0.3, -0.25) is 10.1 Å². The Kier molecular flexibility index (Phi) is 5.54. The van der Waals surface area contributed by atoms with Crippen molar-refractivity contribution in [1.29, 1.82) is 0 Å². The first-order chi connectivity index (χ1) is 13.0. The predicted octanol–water partition coefficient (Wildman–Crippen LogP) is 4.94. The first-order valence-electron chi connectivity index (χ1n) is 7.99. The number of para-hydroxylation sites is 2. The third kappa shape index (κ3) is 4.53. The molecule has 0 aliphatic carbocycles. The third-order valence-electron chi connectivity index (χ3n) is 3.65. The number of non-ortho nitro benzene ring substituents is 1. The van der Waals surface area contributed by atoms with Gasteiger partial charge in [0.15, 0.2) is 0 Å². The maximum Gasteiger partial charge on any atom is 0.463 e. The van der Waals surface area contributed by atoms with Gasteiger partial charge >= 0.3 is 7.60 Å². The molecule has 3 rings (SSSR count). The maximum absolute atomic E-state index is 13.4. The topological polar surface area (TPSA) is 98.9 Å². The van der Waals surface area contributed by atoms with E-state index in [-0.39, 0.29) is 22.7 Å². The highest BCUT2D eigenvalue weighted by atomic mass is 31.2. The average Bonchev–Trinajstić information content (AvgIpc) is 2.69. The van der Waals surface area contributed by atoms with Crippen LogP contribution in [0, 0.1) is 10.1 Å². The molecule has 0 radical (unpaired) electrons. The Balaban J connectivity index is 1.94. The van der Waals surface area contributed by atoms with Crippen LogP contribution >= 0.6 is 7.60 Å². The third-order valence-corrected chi connectivity index (χ3v) is 5.48. The number of rotatable bonds is 7. The molecule has 3 aromatic carbocycles. The summed E-state index contributed by atoms with van der Waals surface area (Å²) in [6.07, 6.45) is 0. The Morgan fingerprint density at radius 3 is 1.67 bits per heavy atom. The molecule has 1 unspecified atom stereocenters. The molecule has 1 atom stereocenters. The molecule has 0 spiro atoms. The van der Waals surface area contributed by atoms with Crippen LogP contribution in [-0.2, 0) is 4.57 Å². The van der Waals surface area contributed by atoms with Gasteiger partial charge < -0.3 is 14.2 Å². The summed E-state index contributed by atoms with van der Waals surface area (Å²) < 4.78 is 24.5. The van der Waals surface area contributed by atoms with Crippen LogP contribution in [0.5, 0.6) is 11.5 Å². The van der Waals surface area contributed by atoms with Crippen LogP contribution in [0.2, 0.25) is 0 Å². The molecule has 0 saturated heterocycles. The Morgan fingerprint density at radius 1 is 0.815 bits per heavy atom. The quantitative estimate of drug-likeness (QED) is 0.351. The van der Waals surface area contributed by atoms with E-state index in [0.29, 0.717) is 0 Å². The molecule has 1 N–H and O–H groups in total. The first kappa shape index (κ1) is 18.6. The molecule has 0 bridgehead atoms. The molecule has 0 aliphatic heterocycles. The van der Waals surface area contributed by atoms with Crippen LogP contribution in [0.3, 0.4) is 0 Å². The van der Waals surface area contributed by atoms with Crippen molar-refractivity contribution in [2.24, 2.45) is 0 Å². The number of aliphatic hydroxyl groups is 1. The van der Waals surface area contributed by atoms with Crippen LogP contribution in [0.1, 0.15) is 11.4 Å². The van der Waals surface area contributed by atoms with E-state index in [9.17, 15) is 19.8 Å². The fourth-order valence-corrected chi connectivity index (χ4v) is 3.93. The van der Waals surface area contributed by atoms with Crippen LogP contribution in [0.25, 0.3) is 0 Å². The minimum atomic E-state index is -4.13. The average molecular weight is 385 g/mol. The number of nitrogens with zero attached hydrogens (tertiary/aromatic N) is 1. The summed E-state index contributed by atoms with van der Waals surface area (Å²) in [6, 6.07) is 21.7. The normalized spacial score (nSPS) is 12.2. The molecule has 7 nitrogen and oxygen atoms in total. The Hall–Kier alpha value is -3.15. The van der Waals surface area contributed by atoms with Crippen molar-refractivity contribution < 1.29 is 23.6 Å². The van der Waals surface area contributed by atoms with Gasteiger partial charge in [0.25, 0.3) is 5.69 Å². The summed E-state index contributed by atoms with van der Waals surface area (Å²) in [5, 5.41) is 21.5. The molecule has 3 aromatic rings. The number of benzene rings is 3. The second-order valence-corrected chi connectivity index (χ2v) is 7.50. The summed E-state index contributed by atoms with van der Waals surface area (Å²) in [4.78, 5) is 10.2. The zero-order chi connectivity index (χ0) is 19.3.